The molecule has 0 bridgehead atoms. The Morgan fingerprint density at radius 1 is 0.300 bits per heavy atom. The summed E-state index contributed by atoms with van der Waals surface area (Å²) in [7, 11) is 0. The van der Waals surface area contributed by atoms with Crippen LogP contribution >= 0.6 is 0 Å². The number of hydrogen-bond acceptors (Lipinski definition) is 1. The predicted molar refractivity (Wildman–Crippen MR) is 255 cm³/mol. The van der Waals surface area contributed by atoms with Crippen molar-refractivity contribution in [2.75, 3.05) is 4.90 Å². The molecule has 2 heteroatoms. The molecule has 0 radical (unpaired) electrons. The zero-order valence-corrected chi connectivity index (χ0v) is 33.0. The van der Waals surface area contributed by atoms with E-state index in [4.69, 9.17) is 0 Å². The average Bonchev–Trinajstić information content (AvgIpc) is 3.67. The first-order chi connectivity index (χ1) is 29.8. The topological polar surface area (TPSA) is 8.17 Å². The first-order valence-electron chi connectivity index (χ1n) is 20.6. The molecule has 11 aromatic rings. The van der Waals surface area contributed by atoms with Gasteiger partial charge in [-0.15, -0.1) is 0 Å². The number of fused-ring (bicyclic) bond motifs is 4. The first-order valence-corrected chi connectivity index (χ1v) is 20.6. The van der Waals surface area contributed by atoms with Crippen LogP contribution in [0.2, 0.25) is 0 Å². The number of hydrogen-bond donors (Lipinski definition) is 0. The molecule has 11 rings (SSSR count). The molecule has 0 N–H and O–H groups in total. The van der Waals surface area contributed by atoms with Crippen molar-refractivity contribution in [3.63, 3.8) is 0 Å². The van der Waals surface area contributed by atoms with Crippen molar-refractivity contribution in [3.8, 4) is 50.2 Å². The molecule has 0 aliphatic heterocycles. The summed E-state index contributed by atoms with van der Waals surface area (Å²) in [6.45, 7) is 0. The van der Waals surface area contributed by atoms with Crippen LogP contribution in [0.15, 0.2) is 243 Å². The van der Waals surface area contributed by atoms with Gasteiger partial charge in [0, 0.05) is 39.0 Å². The highest BCUT2D eigenvalue weighted by atomic mass is 15.1. The largest absolute Gasteiger partial charge is 0.310 e. The second-order valence-electron chi connectivity index (χ2n) is 15.3. The van der Waals surface area contributed by atoms with Crippen LogP contribution in [-0.2, 0) is 0 Å². The molecule has 60 heavy (non-hydrogen) atoms. The van der Waals surface area contributed by atoms with Crippen molar-refractivity contribution in [1.29, 1.82) is 0 Å². The molecule has 1 heterocycles. The lowest BCUT2D eigenvalue weighted by molar-refractivity contribution is 1.18. The normalized spacial score (nSPS) is 11.3. The average molecular weight is 765 g/mol. The molecule has 0 amide bonds. The van der Waals surface area contributed by atoms with E-state index >= 15 is 0 Å². The Morgan fingerprint density at radius 3 is 1.63 bits per heavy atom. The maximum absolute atomic E-state index is 2.44. The lowest BCUT2D eigenvalue weighted by Crippen LogP contribution is -2.11. The van der Waals surface area contributed by atoms with Gasteiger partial charge in [0.1, 0.15) is 0 Å². The fraction of sp³-hybridized carbons (Fsp3) is 0. The van der Waals surface area contributed by atoms with E-state index in [-0.39, 0.29) is 0 Å². The monoisotopic (exact) mass is 764 g/mol. The van der Waals surface area contributed by atoms with Crippen LogP contribution in [0.1, 0.15) is 0 Å². The van der Waals surface area contributed by atoms with E-state index in [0.29, 0.717) is 0 Å². The standard InChI is InChI=1S/C58H40N2/c1-3-20-42(21-4-1)48-27-9-10-28-50(48)51-29-11-12-30-52(51)53-31-13-15-35-56(53)59(47-38-37-41-19-7-8-22-43(41)39-47)46-26-17-23-44(40-46)49-33-18-34-55-54-32-14-16-36-57(54)60(58(49)55)45-24-5-2-6-25-45/h1-40H. The van der Waals surface area contributed by atoms with Gasteiger partial charge in [-0.2, -0.15) is 0 Å². The van der Waals surface area contributed by atoms with Crippen LogP contribution in [0.4, 0.5) is 17.1 Å². The Morgan fingerprint density at radius 2 is 0.833 bits per heavy atom. The van der Waals surface area contributed by atoms with Crippen LogP contribution in [0.5, 0.6) is 0 Å². The number of para-hydroxylation sites is 4. The second kappa shape index (κ2) is 15.1. The molecular formula is C58H40N2. The van der Waals surface area contributed by atoms with Crippen molar-refractivity contribution in [1.82, 2.24) is 4.57 Å². The van der Waals surface area contributed by atoms with Gasteiger partial charge in [0.15, 0.2) is 0 Å². The molecular weight excluding hydrogens is 725 g/mol. The molecule has 0 unspecified atom stereocenters. The molecule has 0 aliphatic rings. The van der Waals surface area contributed by atoms with Gasteiger partial charge in [0.05, 0.1) is 16.7 Å². The third-order valence-corrected chi connectivity index (χ3v) is 11.8. The fourth-order valence-electron chi connectivity index (χ4n) is 9.09. The van der Waals surface area contributed by atoms with Crippen LogP contribution in [0.3, 0.4) is 0 Å². The molecule has 0 saturated heterocycles. The van der Waals surface area contributed by atoms with Crippen LogP contribution in [0, 0.1) is 0 Å². The number of aromatic nitrogens is 1. The van der Waals surface area contributed by atoms with Crippen molar-refractivity contribution in [2.45, 2.75) is 0 Å². The summed E-state index contributed by atoms with van der Waals surface area (Å²) in [6, 6.07) is 87.9. The molecule has 1 aromatic heterocycles. The van der Waals surface area contributed by atoms with E-state index in [9.17, 15) is 0 Å². The summed E-state index contributed by atoms with van der Waals surface area (Å²) in [6.07, 6.45) is 0. The number of anilines is 3. The Hall–Kier alpha value is -7.94. The minimum Gasteiger partial charge on any atom is -0.310 e. The first kappa shape index (κ1) is 35.2. The molecule has 0 fully saturated rings. The van der Waals surface area contributed by atoms with Gasteiger partial charge in [-0.3, -0.25) is 0 Å². The van der Waals surface area contributed by atoms with E-state index in [1.165, 1.54) is 66.0 Å². The van der Waals surface area contributed by atoms with E-state index < -0.39 is 0 Å². The number of benzene rings is 10. The zero-order chi connectivity index (χ0) is 39.8. The molecule has 282 valence electrons. The maximum atomic E-state index is 2.44. The summed E-state index contributed by atoms with van der Waals surface area (Å²) in [5.74, 6) is 0. The molecule has 0 aliphatic carbocycles. The Bertz CT molecular complexity index is 3320. The highest BCUT2D eigenvalue weighted by Gasteiger charge is 2.22. The lowest BCUT2D eigenvalue weighted by Gasteiger charge is -2.29. The highest BCUT2D eigenvalue weighted by Crippen LogP contribution is 2.47. The third kappa shape index (κ3) is 6.14. The molecule has 0 spiro atoms. The van der Waals surface area contributed by atoms with Gasteiger partial charge in [-0.25, -0.2) is 0 Å². The fourth-order valence-corrected chi connectivity index (χ4v) is 9.09. The SMILES string of the molecule is c1ccc(-c2ccccc2-c2ccccc2-c2ccccc2N(c2cccc(-c3cccc4c5ccccc5n(-c5ccccc5)c34)c2)c2ccc3ccccc3c2)cc1. The Labute approximate surface area is 350 Å². The summed E-state index contributed by atoms with van der Waals surface area (Å²) >= 11 is 0. The third-order valence-electron chi connectivity index (χ3n) is 11.8. The van der Waals surface area contributed by atoms with Gasteiger partial charge in [0.25, 0.3) is 0 Å². The van der Waals surface area contributed by atoms with Gasteiger partial charge < -0.3 is 9.47 Å². The van der Waals surface area contributed by atoms with Crippen molar-refractivity contribution >= 4 is 49.6 Å². The highest BCUT2D eigenvalue weighted by molar-refractivity contribution is 6.14. The zero-order valence-electron chi connectivity index (χ0n) is 33.0. The van der Waals surface area contributed by atoms with Crippen molar-refractivity contribution in [2.24, 2.45) is 0 Å². The van der Waals surface area contributed by atoms with E-state index in [0.717, 1.165) is 33.9 Å². The van der Waals surface area contributed by atoms with Crippen LogP contribution in [-0.4, -0.2) is 4.57 Å². The minimum absolute atomic E-state index is 1.08. The van der Waals surface area contributed by atoms with E-state index in [2.05, 4.69) is 252 Å². The number of rotatable bonds is 8. The van der Waals surface area contributed by atoms with Crippen molar-refractivity contribution in [3.05, 3.63) is 243 Å². The minimum atomic E-state index is 1.08. The van der Waals surface area contributed by atoms with Gasteiger partial charge >= 0.3 is 0 Å². The molecule has 10 aromatic carbocycles. The summed E-state index contributed by atoms with van der Waals surface area (Å²) in [5, 5.41) is 4.89. The second-order valence-corrected chi connectivity index (χ2v) is 15.3. The number of nitrogens with zero attached hydrogens (tertiary/aromatic N) is 2. The predicted octanol–water partition coefficient (Wildman–Crippen LogP) is 16.1. The molecule has 2 nitrogen and oxygen atoms in total. The van der Waals surface area contributed by atoms with Gasteiger partial charge in [0.2, 0.25) is 0 Å². The summed E-state index contributed by atoms with van der Waals surface area (Å²) < 4.78 is 2.42. The van der Waals surface area contributed by atoms with Crippen molar-refractivity contribution < 1.29 is 0 Å². The molecule has 0 saturated carbocycles. The quantitative estimate of drug-likeness (QED) is 0.150. The van der Waals surface area contributed by atoms with Gasteiger partial charge in [-0.1, -0.05) is 194 Å². The Kier molecular flexibility index (Phi) is 8.87. The summed E-state index contributed by atoms with van der Waals surface area (Å²) in [5.41, 5.74) is 16.3. The van der Waals surface area contributed by atoms with Gasteiger partial charge in [-0.05, 0) is 92.7 Å². The van der Waals surface area contributed by atoms with Crippen LogP contribution in [0.25, 0.3) is 82.8 Å². The maximum Gasteiger partial charge on any atom is 0.0619 e. The Balaban J connectivity index is 1.13. The van der Waals surface area contributed by atoms with Crippen LogP contribution < -0.4 is 4.90 Å². The summed E-state index contributed by atoms with van der Waals surface area (Å²) in [4.78, 5) is 2.44. The van der Waals surface area contributed by atoms with E-state index in [1.807, 2.05) is 0 Å². The smallest absolute Gasteiger partial charge is 0.0619 e. The lowest BCUT2D eigenvalue weighted by atomic mass is 9.88. The molecule has 0 atom stereocenters. The van der Waals surface area contributed by atoms with E-state index in [1.54, 1.807) is 0 Å².